The Morgan fingerprint density at radius 3 is 1.88 bits per heavy atom. The summed E-state index contributed by atoms with van der Waals surface area (Å²) in [5.41, 5.74) is 0. The molecular formula is C11H18F6N3O4P. The van der Waals surface area contributed by atoms with E-state index in [0.29, 0.717) is 26.3 Å². The molecule has 0 N–H and O–H groups in total. The molecule has 2 heterocycles. The average Bonchev–Trinajstić information content (AvgIpc) is 2.73. The first-order valence-corrected chi connectivity index (χ1v) is 8.51. The zero-order valence-electron chi connectivity index (χ0n) is 13.2. The van der Waals surface area contributed by atoms with Gasteiger partial charge in [0.25, 0.3) is 11.8 Å². The van der Waals surface area contributed by atoms with Gasteiger partial charge in [-0.1, -0.05) is 0 Å². The molecule has 1 atom stereocenters. The molecule has 2 aliphatic heterocycles. The number of ether oxygens (including phenoxy) is 1. The minimum atomic E-state index is -8.55. The normalized spacial score (nSPS) is 21.5. The third kappa shape index (κ3) is 9.68. The van der Waals surface area contributed by atoms with E-state index >= 15 is 0 Å². The molecule has 2 saturated heterocycles. The SMILES string of the molecule is C=[N+](C)C(ON1C(=O)CCC1=O)N1CCOCC1.FP(F)(F)(F)F.[F-]. The van der Waals surface area contributed by atoms with Crippen molar-refractivity contribution in [3.05, 3.63) is 0 Å². The topological polar surface area (TPSA) is 62.1 Å². The summed E-state index contributed by atoms with van der Waals surface area (Å²) in [5, 5.41) is 0.863. The fourth-order valence-electron chi connectivity index (χ4n) is 1.99. The largest absolute Gasteiger partial charge is 1.00 e. The van der Waals surface area contributed by atoms with Gasteiger partial charge in [0.15, 0.2) is 0 Å². The van der Waals surface area contributed by atoms with Crippen molar-refractivity contribution >= 4 is 26.7 Å². The quantitative estimate of drug-likeness (QED) is 0.151. The molecule has 0 aliphatic carbocycles. The van der Waals surface area contributed by atoms with Crippen molar-refractivity contribution in [2.75, 3.05) is 33.4 Å². The van der Waals surface area contributed by atoms with E-state index in [1.807, 2.05) is 4.90 Å². The molecule has 25 heavy (non-hydrogen) atoms. The molecule has 2 fully saturated rings. The van der Waals surface area contributed by atoms with Crippen molar-refractivity contribution in [2.45, 2.75) is 19.2 Å². The van der Waals surface area contributed by atoms with Crippen LogP contribution in [0.1, 0.15) is 12.8 Å². The van der Waals surface area contributed by atoms with Gasteiger partial charge in [-0.15, -0.1) is 5.06 Å². The van der Waals surface area contributed by atoms with E-state index in [0.717, 1.165) is 5.06 Å². The number of carbonyl (C=O) groups is 2. The second kappa shape index (κ2) is 8.88. The summed E-state index contributed by atoms with van der Waals surface area (Å²) >= 11 is 0. The van der Waals surface area contributed by atoms with Gasteiger partial charge in [-0.25, -0.2) is 9.48 Å². The monoisotopic (exact) mass is 401 g/mol. The Morgan fingerprint density at radius 1 is 1.12 bits per heavy atom. The summed E-state index contributed by atoms with van der Waals surface area (Å²) < 4.78 is 56.0. The van der Waals surface area contributed by atoms with Gasteiger partial charge in [0.2, 0.25) is 0 Å². The van der Waals surface area contributed by atoms with Gasteiger partial charge in [-0.3, -0.25) is 9.59 Å². The van der Waals surface area contributed by atoms with Crippen molar-refractivity contribution in [2.24, 2.45) is 0 Å². The average molecular weight is 401 g/mol. The maximum absolute atomic E-state index is 11.5. The third-order valence-electron chi connectivity index (χ3n) is 2.94. The van der Waals surface area contributed by atoms with Crippen molar-refractivity contribution < 1.29 is 49.4 Å². The van der Waals surface area contributed by atoms with E-state index in [1.54, 1.807) is 11.6 Å². The molecule has 2 amide bonds. The van der Waals surface area contributed by atoms with Crippen LogP contribution in [0.2, 0.25) is 0 Å². The zero-order chi connectivity index (χ0) is 18.6. The van der Waals surface area contributed by atoms with Crippen molar-refractivity contribution in [3.8, 4) is 0 Å². The van der Waals surface area contributed by atoms with Crippen LogP contribution in [0.5, 0.6) is 0 Å². The van der Waals surface area contributed by atoms with Crippen LogP contribution >= 0.6 is 8.16 Å². The van der Waals surface area contributed by atoms with Crippen molar-refractivity contribution in [1.82, 2.24) is 9.96 Å². The van der Waals surface area contributed by atoms with E-state index in [2.05, 4.69) is 6.72 Å². The Kier molecular flexibility index (Phi) is 8.42. The first-order valence-electron chi connectivity index (χ1n) is 6.82. The Bertz CT molecular complexity index is 477. The van der Waals surface area contributed by atoms with Crippen LogP contribution in [-0.4, -0.2) is 72.8 Å². The second-order valence-electron chi connectivity index (χ2n) is 5.06. The molecule has 1 unspecified atom stereocenters. The Hall–Kier alpha value is -1.30. The first-order chi connectivity index (χ1) is 10.8. The predicted molar refractivity (Wildman–Crippen MR) is 74.1 cm³/mol. The molecule has 0 aromatic rings. The first kappa shape index (κ1) is 23.7. The maximum atomic E-state index is 11.5. The van der Waals surface area contributed by atoms with Crippen LogP contribution in [-0.2, 0) is 19.2 Å². The Morgan fingerprint density at radius 2 is 1.52 bits per heavy atom. The molecule has 14 heteroatoms. The fraction of sp³-hybridized carbons (Fsp3) is 0.727. The molecule has 0 radical (unpaired) electrons. The molecule has 2 aliphatic rings. The number of carbonyl (C=O) groups excluding carboxylic acids is 2. The smallest absolute Gasteiger partial charge is 1.00 e. The van der Waals surface area contributed by atoms with Crippen LogP contribution in [0.4, 0.5) is 21.0 Å². The summed E-state index contributed by atoms with van der Waals surface area (Å²) in [5.74, 6) is -0.583. The third-order valence-corrected chi connectivity index (χ3v) is 2.94. The van der Waals surface area contributed by atoms with Gasteiger partial charge in [0.05, 0.1) is 13.2 Å². The number of hydroxylamine groups is 2. The summed E-state index contributed by atoms with van der Waals surface area (Å²) in [4.78, 5) is 30.5. The van der Waals surface area contributed by atoms with E-state index in [4.69, 9.17) is 9.57 Å². The summed E-state index contributed by atoms with van der Waals surface area (Å²) in [6.07, 6.45) is -0.0923. The molecule has 0 spiro atoms. The van der Waals surface area contributed by atoms with Gasteiger partial charge < -0.3 is 9.44 Å². The summed E-state index contributed by atoms with van der Waals surface area (Å²) in [6.45, 7) is 6.36. The van der Waals surface area contributed by atoms with Gasteiger partial charge in [0.1, 0.15) is 13.8 Å². The number of morpholine rings is 1. The zero-order valence-corrected chi connectivity index (χ0v) is 14.1. The minimum absolute atomic E-state index is 0. The van der Waals surface area contributed by atoms with E-state index in [-0.39, 0.29) is 29.4 Å². The second-order valence-corrected chi connectivity index (χ2v) is 6.34. The van der Waals surface area contributed by atoms with E-state index in [9.17, 15) is 30.6 Å². The van der Waals surface area contributed by atoms with Gasteiger partial charge in [0, 0.05) is 25.9 Å². The molecule has 0 saturated carbocycles. The van der Waals surface area contributed by atoms with E-state index in [1.165, 1.54) is 0 Å². The van der Waals surface area contributed by atoms with Crippen LogP contribution in [0.3, 0.4) is 0 Å². The standard InChI is InChI=1S/C11H18N3O4.F5P.FH/c1-12(2)11(13-5-7-17-8-6-13)18-14-9(15)3-4-10(14)16;1-6(2,3,4)5;/h11H,1,3-8H2,2H3;;1H/q+1;;/p-1. The van der Waals surface area contributed by atoms with Gasteiger partial charge >= 0.3 is 35.5 Å². The molecule has 0 aromatic heterocycles. The number of rotatable bonds is 4. The molecule has 2 rings (SSSR count). The fourth-order valence-corrected chi connectivity index (χ4v) is 1.99. The number of hydrogen-bond acceptors (Lipinski definition) is 5. The van der Waals surface area contributed by atoms with E-state index < -0.39 is 14.5 Å². The molecule has 0 aromatic carbocycles. The number of imide groups is 1. The maximum Gasteiger partial charge on any atom is -1.00 e. The summed E-state index contributed by atoms with van der Waals surface area (Å²) in [7, 11) is -6.81. The molecule has 7 nitrogen and oxygen atoms in total. The summed E-state index contributed by atoms with van der Waals surface area (Å²) in [6, 6.07) is 0. The molecular weight excluding hydrogens is 383 g/mol. The Balaban J connectivity index is 0.000000715. The van der Waals surface area contributed by atoms with Crippen molar-refractivity contribution in [3.63, 3.8) is 0 Å². The number of halogens is 6. The van der Waals surface area contributed by atoms with Gasteiger partial charge in [-0.05, 0) is 0 Å². The Labute approximate surface area is 139 Å². The van der Waals surface area contributed by atoms with Gasteiger partial charge in [-0.2, -0.15) is 4.84 Å². The molecule has 148 valence electrons. The predicted octanol–water partition coefficient (Wildman–Crippen LogP) is -1.01. The van der Waals surface area contributed by atoms with Crippen LogP contribution < -0.4 is 4.70 Å². The van der Waals surface area contributed by atoms with Crippen LogP contribution in [0, 0.1) is 0 Å². The number of amides is 2. The minimum Gasteiger partial charge on any atom is -1.00 e. The van der Waals surface area contributed by atoms with Crippen LogP contribution in [0.15, 0.2) is 0 Å². The number of nitrogens with zero attached hydrogens (tertiary/aromatic N) is 3. The van der Waals surface area contributed by atoms with Crippen molar-refractivity contribution in [1.29, 1.82) is 0 Å². The van der Waals surface area contributed by atoms with Crippen LogP contribution in [0.25, 0.3) is 0 Å². The molecule has 0 bridgehead atoms. The number of hydrogen-bond donors (Lipinski definition) is 0.